The molecule has 0 amide bonds. The molecule has 2 fully saturated rings. The van der Waals surface area contributed by atoms with Crippen LogP contribution < -0.4 is 4.90 Å². The molecule has 1 aromatic heterocycles. The molecule has 5 nitrogen and oxygen atoms in total. The maximum atomic E-state index is 4.66. The summed E-state index contributed by atoms with van der Waals surface area (Å²) in [7, 11) is 0. The van der Waals surface area contributed by atoms with Gasteiger partial charge in [-0.15, -0.1) is 0 Å². The fourth-order valence-corrected chi connectivity index (χ4v) is 5.14. The molecule has 5 heteroatoms. The summed E-state index contributed by atoms with van der Waals surface area (Å²) in [5, 5.41) is 0. The zero-order valence-corrected chi connectivity index (χ0v) is 17.9. The van der Waals surface area contributed by atoms with Crippen molar-refractivity contribution in [1.82, 2.24) is 19.8 Å². The summed E-state index contributed by atoms with van der Waals surface area (Å²) in [5.74, 6) is 2.29. The molecule has 3 aliphatic heterocycles. The van der Waals surface area contributed by atoms with Gasteiger partial charge >= 0.3 is 0 Å². The van der Waals surface area contributed by atoms with Crippen LogP contribution in [-0.2, 0) is 0 Å². The van der Waals surface area contributed by atoms with E-state index in [1.54, 1.807) is 6.33 Å². The molecule has 30 heavy (non-hydrogen) atoms. The van der Waals surface area contributed by atoms with Crippen LogP contribution in [0.15, 0.2) is 66.3 Å². The van der Waals surface area contributed by atoms with Gasteiger partial charge in [0.15, 0.2) is 0 Å². The lowest BCUT2D eigenvalue weighted by Crippen LogP contribution is -2.47. The number of anilines is 1. The first-order chi connectivity index (χ1) is 14.8. The molecule has 5 rings (SSSR count). The number of benzene rings is 1. The Bertz CT molecular complexity index is 922. The minimum atomic E-state index is 0.765. The minimum absolute atomic E-state index is 0.765. The van der Waals surface area contributed by atoms with E-state index in [-0.39, 0.29) is 0 Å². The van der Waals surface area contributed by atoms with Gasteiger partial charge in [0.2, 0.25) is 0 Å². The van der Waals surface area contributed by atoms with Crippen LogP contribution in [0.3, 0.4) is 0 Å². The third kappa shape index (κ3) is 3.86. The van der Waals surface area contributed by atoms with Gasteiger partial charge in [-0.25, -0.2) is 9.97 Å². The zero-order chi connectivity index (χ0) is 20.3. The van der Waals surface area contributed by atoms with Gasteiger partial charge in [0.1, 0.15) is 18.0 Å². The quantitative estimate of drug-likeness (QED) is 0.763. The summed E-state index contributed by atoms with van der Waals surface area (Å²) in [6.07, 6.45) is 11.5. The van der Waals surface area contributed by atoms with E-state index < -0.39 is 0 Å². The Morgan fingerprint density at radius 2 is 1.70 bits per heavy atom. The van der Waals surface area contributed by atoms with Crippen LogP contribution in [-0.4, -0.2) is 58.5 Å². The Morgan fingerprint density at radius 3 is 2.47 bits per heavy atom. The second-order valence-electron chi connectivity index (χ2n) is 8.61. The SMILES string of the molecule is CC1=C(N2CCC(N3CCCC3)CC2)N(c2cc(-c3ccccc3)ncn2)CC=C1. The topological polar surface area (TPSA) is 35.5 Å². The van der Waals surface area contributed by atoms with Crippen molar-refractivity contribution in [1.29, 1.82) is 0 Å². The molecule has 0 aliphatic carbocycles. The Morgan fingerprint density at radius 1 is 0.933 bits per heavy atom. The van der Waals surface area contributed by atoms with Crippen LogP contribution in [0, 0.1) is 0 Å². The molecule has 2 saturated heterocycles. The van der Waals surface area contributed by atoms with Crippen LogP contribution >= 0.6 is 0 Å². The lowest BCUT2D eigenvalue weighted by Gasteiger charge is -2.43. The maximum absolute atomic E-state index is 4.66. The highest BCUT2D eigenvalue weighted by Gasteiger charge is 2.30. The largest absolute Gasteiger partial charge is 0.358 e. The predicted molar refractivity (Wildman–Crippen MR) is 122 cm³/mol. The molecule has 4 heterocycles. The summed E-state index contributed by atoms with van der Waals surface area (Å²) in [6, 6.07) is 13.2. The number of nitrogens with zero attached hydrogens (tertiary/aromatic N) is 5. The van der Waals surface area contributed by atoms with E-state index in [4.69, 9.17) is 0 Å². The van der Waals surface area contributed by atoms with Gasteiger partial charge in [0.05, 0.1) is 5.69 Å². The average Bonchev–Trinajstić information content (AvgIpc) is 3.35. The Balaban J connectivity index is 1.37. The first-order valence-corrected chi connectivity index (χ1v) is 11.3. The smallest absolute Gasteiger partial charge is 0.138 e. The van der Waals surface area contributed by atoms with Crippen LogP contribution in [0.25, 0.3) is 11.3 Å². The van der Waals surface area contributed by atoms with Crippen molar-refractivity contribution in [2.75, 3.05) is 37.6 Å². The van der Waals surface area contributed by atoms with Crippen molar-refractivity contribution in [2.24, 2.45) is 0 Å². The highest BCUT2D eigenvalue weighted by atomic mass is 15.4. The lowest BCUT2D eigenvalue weighted by molar-refractivity contribution is 0.145. The summed E-state index contributed by atoms with van der Waals surface area (Å²) in [5.41, 5.74) is 3.42. The molecule has 0 unspecified atom stereocenters. The second-order valence-corrected chi connectivity index (χ2v) is 8.61. The standard InChI is InChI=1S/C25H31N5/c1-20-8-7-15-30(24-18-23(26-19-27-24)21-9-3-2-4-10-21)25(20)29-16-11-22(12-17-29)28-13-5-6-14-28/h2-4,7-10,18-19,22H,5-6,11-17H2,1H3. The molecule has 0 N–H and O–H groups in total. The first-order valence-electron chi connectivity index (χ1n) is 11.3. The fourth-order valence-electron chi connectivity index (χ4n) is 5.14. The molecule has 0 radical (unpaired) electrons. The maximum Gasteiger partial charge on any atom is 0.138 e. The van der Waals surface area contributed by atoms with E-state index in [0.717, 1.165) is 42.8 Å². The molecule has 0 bridgehead atoms. The van der Waals surface area contributed by atoms with Crippen LogP contribution in [0.1, 0.15) is 32.6 Å². The molecule has 1 aromatic carbocycles. The van der Waals surface area contributed by atoms with E-state index >= 15 is 0 Å². The number of rotatable bonds is 4. The number of allylic oxidation sites excluding steroid dienone is 2. The molecular formula is C25H31N5. The highest BCUT2D eigenvalue weighted by Crippen LogP contribution is 2.31. The van der Waals surface area contributed by atoms with Crippen LogP contribution in [0.2, 0.25) is 0 Å². The monoisotopic (exact) mass is 401 g/mol. The molecule has 156 valence electrons. The highest BCUT2D eigenvalue weighted by molar-refractivity contribution is 5.64. The number of hydrogen-bond donors (Lipinski definition) is 0. The molecule has 0 atom stereocenters. The van der Waals surface area contributed by atoms with Crippen molar-refractivity contribution in [3.8, 4) is 11.3 Å². The van der Waals surface area contributed by atoms with E-state index in [0.29, 0.717) is 0 Å². The third-order valence-corrected chi connectivity index (χ3v) is 6.68. The van der Waals surface area contributed by atoms with Crippen molar-refractivity contribution in [3.63, 3.8) is 0 Å². The van der Waals surface area contributed by atoms with E-state index in [2.05, 4.69) is 74.1 Å². The third-order valence-electron chi connectivity index (χ3n) is 6.68. The van der Waals surface area contributed by atoms with Crippen molar-refractivity contribution in [2.45, 2.75) is 38.6 Å². The van der Waals surface area contributed by atoms with E-state index in [9.17, 15) is 0 Å². The van der Waals surface area contributed by atoms with Crippen LogP contribution in [0.4, 0.5) is 5.82 Å². The normalized spacial score (nSPS) is 21.0. The van der Waals surface area contributed by atoms with Crippen LogP contribution in [0.5, 0.6) is 0 Å². The molecule has 3 aliphatic rings. The predicted octanol–water partition coefficient (Wildman–Crippen LogP) is 4.31. The van der Waals surface area contributed by atoms with Crippen molar-refractivity contribution < 1.29 is 0 Å². The number of aromatic nitrogens is 2. The molecule has 2 aromatic rings. The summed E-state index contributed by atoms with van der Waals surface area (Å²) < 4.78 is 0. The van der Waals surface area contributed by atoms with Crippen molar-refractivity contribution in [3.05, 3.63) is 66.3 Å². The average molecular weight is 402 g/mol. The summed E-state index contributed by atoms with van der Waals surface area (Å²) in [6.45, 7) is 7.91. The Hall–Kier alpha value is -2.66. The van der Waals surface area contributed by atoms with E-state index in [1.807, 2.05) is 6.07 Å². The Labute approximate surface area is 179 Å². The first kappa shape index (κ1) is 19.3. The van der Waals surface area contributed by atoms with Crippen molar-refractivity contribution >= 4 is 5.82 Å². The molecular weight excluding hydrogens is 370 g/mol. The van der Waals surface area contributed by atoms with Gasteiger partial charge in [-0.2, -0.15) is 0 Å². The van der Waals surface area contributed by atoms with Gasteiger partial charge in [0, 0.05) is 37.3 Å². The van der Waals surface area contributed by atoms with Gasteiger partial charge < -0.3 is 14.7 Å². The Kier molecular flexibility index (Phi) is 5.54. The molecule has 0 spiro atoms. The fraction of sp³-hybridized carbons (Fsp3) is 0.440. The van der Waals surface area contributed by atoms with Gasteiger partial charge in [-0.1, -0.05) is 42.5 Å². The lowest BCUT2D eigenvalue weighted by atomic mass is 10.0. The number of likely N-dealkylation sites (tertiary alicyclic amines) is 2. The summed E-state index contributed by atoms with van der Waals surface area (Å²) in [4.78, 5) is 16.8. The molecule has 0 saturated carbocycles. The number of hydrogen-bond acceptors (Lipinski definition) is 5. The second kappa shape index (κ2) is 8.60. The minimum Gasteiger partial charge on any atom is -0.358 e. The van der Waals surface area contributed by atoms with Gasteiger partial charge in [-0.3, -0.25) is 0 Å². The van der Waals surface area contributed by atoms with E-state index in [1.165, 1.54) is 50.2 Å². The van der Waals surface area contributed by atoms with Gasteiger partial charge in [0.25, 0.3) is 0 Å². The number of piperidine rings is 1. The zero-order valence-electron chi connectivity index (χ0n) is 17.9. The summed E-state index contributed by atoms with van der Waals surface area (Å²) >= 11 is 0. The van der Waals surface area contributed by atoms with Gasteiger partial charge in [-0.05, 0) is 51.3 Å².